The molecule has 1 fully saturated rings. The van der Waals surface area contributed by atoms with Crippen LogP contribution in [-0.4, -0.2) is 39.1 Å². The quantitative estimate of drug-likeness (QED) is 0.862. The molecule has 5 heteroatoms. The summed E-state index contributed by atoms with van der Waals surface area (Å²) in [5.74, 6) is 0.666. The van der Waals surface area contributed by atoms with Crippen LogP contribution in [0.3, 0.4) is 0 Å². The Kier molecular flexibility index (Phi) is 4.83. The summed E-state index contributed by atoms with van der Waals surface area (Å²) in [6.45, 7) is 2.68. The maximum atomic E-state index is 8.90. The summed E-state index contributed by atoms with van der Waals surface area (Å²) in [7, 11) is 3.29. The van der Waals surface area contributed by atoms with Crippen LogP contribution in [0.5, 0.6) is 5.75 Å². The standard InChI is InChI=1S/C15H20N2O3/c1-4-20-14-8-12(15(14)19-3)17-11-6-5-10(9-16)7-13(11)18-2/h5-7,12,14-15,17H,4,8H2,1-3H3. The zero-order valence-electron chi connectivity index (χ0n) is 12.1. The summed E-state index contributed by atoms with van der Waals surface area (Å²) in [6, 6.07) is 7.65. The highest BCUT2D eigenvalue weighted by atomic mass is 16.5. The largest absolute Gasteiger partial charge is 0.495 e. The molecule has 3 atom stereocenters. The van der Waals surface area contributed by atoms with Crippen LogP contribution in [0, 0.1) is 11.3 Å². The van der Waals surface area contributed by atoms with Gasteiger partial charge in [-0.15, -0.1) is 0 Å². The molecule has 0 aromatic heterocycles. The van der Waals surface area contributed by atoms with Crippen molar-refractivity contribution in [3.05, 3.63) is 23.8 Å². The van der Waals surface area contributed by atoms with Crippen LogP contribution in [0.25, 0.3) is 0 Å². The minimum atomic E-state index is 0.0373. The van der Waals surface area contributed by atoms with E-state index in [1.165, 1.54) is 0 Å². The lowest BCUT2D eigenvalue weighted by Gasteiger charge is -2.43. The Morgan fingerprint density at radius 1 is 1.40 bits per heavy atom. The van der Waals surface area contributed by atoms with Crippen molar-refractivity contribution in [3.63, 3.8) is 0 Å². The van der Waals surface area contributed by atoms with Crippen LogP contribution in [0.2, 0.25) is 0 Å². The molecular weight excluding hydrogens is 256 g/mol. The summed E-state index contributed by atoms with van der Waals surface area (Å²) >= 11 is 0. The molecule has 1 aliphatic carbocycles. The second-order valence-electron chi connectivity index (χ2n) is 4.71. The lowest BCUT2D eigenvalue weighted by atomic mass is 9.85. The molecule has 2 rings (SSSR count). The SMILES string of the molecule is CCOC1CC(Nc2ccc(C#N)cc2OC)C1OC. The van der Waals surface area contributed by atoms with Gasteiger partial charge in [-0.3, -0.25) is 0 Å². The average molecular weight is 276 g/mol. The fourth-order valence-corrected chi connectivity index (χ4v) is 2.50. The van der Waals surface area contributed by atoms with Gasteiger partial charge in [-0.25, -0.2) is 0 Å². The molecule has 20 heavy (non-hydrogen) atoms. The molecule has 1 aromatic rings. The van der Waals surface area contributed by atoms with Crippen LogP contribution in [-0.2, 0) is 9.47 Å². The molecule has 5 nitrogen and oxygen atoms in total. The van der Waals surface area contributed by atoms with Crippen molar-refractivity contribution >= 4 is 5.69 Å². The van der Waals surface area contributed by atoms with Gasteiger partial charge in [-0.1, -0.05) is 0 Å². The Hall–Kier alpha value is -1.77. The van der Waals surface area contributed by atoms with E-state index in [2.05, 4.69) is 11.4 Å². The molecule has 0 bridgehead atoms. The summed E-state index contributed by atoms with van der Waals surface area (Å²) in [5, 5.41) is 12.3. The predicted octanol–water partition coefficient (Wildman–Crippen LogP) is 2.17. The first-order valence-corrected chi connectivity index (χ1v) is 6.72. The molecule has 3 unspecified atom stereocenters. The summed E-state index contributed by atoms with van der Waals surface area (Å²) in [4.78, 5) is 0. The normalized spacial score (nSPS) is 24.6. The molecule has 1 aliphatic rings. The van der Waals surface area contributed by atoms with Gasteiger partial charge in [0.2, 0.25) is 0 Å². The number of rotatable bonds is 6. The first-order valence-electron chi connectivity index (χ1n) is 6.72. The maximum Gasteiger partial charge on any atom is 0.143 e. The van der Waals surface area contributed by atoms with Gasteiger partial charge >= 0.3 is 0 Å². The van der Waals surface area contributed by atoms with Gasteiger partial charge in [0.15, 0.2) is 0 Å². The smallest absolute Gasteiger partial charge is 0.143 e. The fourth-order valence-electron chi connectivity index (χ4n) is 2.50. The van der Waals surface area contributed by atoms with Crippen molar-refractivity contribution in [1.82, 2.24) is 0 Å². The van der Waals surface area contributed by atoms with Crippen molar-refractivity contribution in [3.8, 4) is 11.8 Å². The first kappa shape index (κ1) is 14.6. The fraction of sp³-hybridized carbons (Fsp3) is 0.533. The molecule has 0 amide bonds. The lowest BCUT2D eigenvalue weighted by molar-refractivity contribution is -0.118. The molecule has 0 heterocycles. The molecule has 1 N–H and O–H groups in total. The molecule has 0 saturated heterocycles. The van der Waals surface area contributed by atoms with Gasteiger partial charge in [-0.05, 0) is 25.5 Å². The van der Waals surface area contributed by atoms with E-state index >= 15 is 0 Å². The second kappa shape index (κ2) is 6.60. The van der Waals surface area contributed by atoms with E-state index in [0.29, 0.717) is 17.9 Å². The van der Waals surface area contributed by atoms with Crippen LogP contribution in [0.1, 0.15) is 18.9 Å². The van der Waals surface area contributed by atoms with E-state index in [1.54, 1.807) is 26.4 Å². The van der Waals surface area contributed by atoms with Gasteiger partial charge in [0, 0.05) is 19.8 Å². The first-order chi connectivity index (χ1) is 9.73. The van der Waals surface area contributed by atoms with Crippen LogP contribution in [0.4, 0.5) is 5.69 Å². The minimum absolute atomic E-state index is 0.0373. The number of anilines is 1. The zero-order valence-corrected chi connectivity index (χ0v) is 12.1. The molecule has 1 saturated carbocycles. The van der Waals surface area contributed by atoms with Gasteiger partial charge < -0.3 is 19.5 Å². The van der Waals surface area contributed by atoms with E-state index in [1.807, 2.05) is 13.0 Å². The van der Waals surface area contributed by atoms with Crippen molar-refractivity contribution < 1.29 is 14.2 Å². The van der Waals surface area contributed by atoms with Crippen LogP contribution < -0.4 is 10.1 Å². The second-order valence-corrected chi connectivity index (χ2v) is 4.71. The Morgan fingerprint density at radius 2 is 2.20 bits per heavy atom. The third-order valence-electron chi connectivity index (χ3n) is 3.57. The van der Waals surface area contributed by atoms with E-state index < -0.39 is 0 Å². The number of methoxy groups -OCH3 is 2. The Labute approximate surface area is 119 Å². The highest BCUT2D eigenvalue weighted by Crippen LogP contribution is 2.33. The van der Waals surface area contributed by atoms with Crippen molar-refractivity contribution in [2.75, 3.05) is 26.1 Å². The Bertz CT molecular complexity index is 498. The molecule has 108 valence electrons. The summed E-state index contributed by atoms with van der Waals surface area (Å²) < 4.78 is 16.4. The average Bonchev–Trinajstić information content (AvgIpc) is 2.46. The lowest BCUT2D eigenvalue weighted by Crippen LogP contribution is -2.56. The summed E-state index contributed by atoms with van der Waals surface area (Å²) in [6.07, 6.45) is 1.08. The van der Waals surface area contributed by atoms with Crippen molar-refractivity contribution in [2.24, 2.45) is 0 Å². The summed E-state index contributed by atoms with van der Waals surface area (Å²) in [5.41, 5.74) is 1.45. The molecule has 0 radical (unpaired) electrons. The molecule has 0 aliphatic heterocycles. The maximum absolute atomic E-state index is 8.90. The highest BCUT2D eigenvalue weighted by Gasteiger charge is 2.42. The highest BCUT2D eigenvalue weighted by molar-refractivity contribution is 5.60. The monoisotopic (exact) mass is 276 g/mol. The Balaban J connectivity index is 2.06. The third kappa shape index (κ3) is 2.87. The van der Waals surface area contributed by atoms with E-state index in [9.17, 15) is 0 Å². The molecule has 0 spiro atoms. The predicted molar refractivity (Wildman–Crippen MR) is 75.9 cm³/mol. The number of ether oxygens (including phenoxy) is 3. The van der Waals surface area contributed by atoms with E-state index in [0.717, 1.165) is 12.1 Å². The van der Waals surface area contributed by atoms with Gasteiger partial charge in [-0.2, -0.15) is 5.26 Å². The van der Waals surface area contributed by atoms with Crippen LogP contribution in [0.15, 0.2) is 18.2 Å². The van der Waals surface area contributed by atoms with E-state index in [-0.39, 0.29) is 18.2 Å². The van der Waals surface area contributed by atoms with Crippen molar-refractivity contribution in [2.45, 2.75) is 31.6 Å². The number of nitriles is 1. The minimum Gasteiger partial charge on any atom is -0.495 e. The number of benzene rings is 1. The van der Waals surface area contributed by atoms with Gasteiger partial charge in [0.25, 0.3) is 0 Å². The van der Waals surface area contributed by atoms with Crippen LogP contribution >= 0.6 is 0 Å². The topological polar surface area (TPSA) is 63.5 Å². The number of nitrogens with one attached hydrogen (secondary N) is 1. The third-order valence-corrected chi connectivity index (χ3v) is 3.57. The number of hydrogen-bond acceptors (Lipinski definition) is 5. The number of hydrogen-bond donors (Lipinski definition) is 1. The van der Waals surface area contributed by atoms with Gasteiger partial charge in [0.05, 0.1) is 36.6 Å². The molecular formula is C15H20N2O3. The number of nitrogens with zero attached hydrogens (tertiary/aromatic N) is 1. The van der Waals surface area contributed by atoms with Crippen molar-refractivity contribution in [1.29, 1.82) is 5.26 Å². The van der Waals surface area contributed by atoms with E-state index in [4.69, 9.17) is 19.5 Å². The zero-order chi connectivity index (χ0) is 14.5. The Morgan fingerprint density at radius 3 is 2.80 bits per heavy atom. The molecule has 1 aromatic carbocycles. The van der Waals surface area contributed by atoms with Gasteiger partial charge in [0.1, 0.15) is 11.9 Å².